The van der Waals surface area contributed by atoms with E-state index in [4.69, 9.17) is 4.74 Å². The summed E-state index contributed by atoms with van der Waals surface area (Å²) >= 11 is 0. The van der Waals surface area contributed by atoms with Gasteiger partial charge in [-0.1, -0.05) is 18.2 Å². The molecule has 0 radical (unpaired) electrons. The predicted octanol–water partition coefficient (Wildman–Crippen LogP) is 3.55. The summed E-state index contributed by atoms with van der Waals surface area (Å²) in [5.41, 5.74) is 2.16. The van der Waals surface area contributed by atoms with Crippen LogP contribution >= 0.6 is 0 Å². The van der Waals surface area contributed by atoms with Gasteiger partial charge >= 0.3 is 0 Å². The lowest BCUT2D eigenvalue weighted by Crippen LogP contribution is -2.05. The molecular weight excluding hydrogens is 278 g/mol. The number of nitrogens with one attached hydrogen (secondary N) is 1. The maximum absolute atomic E-state index is 12.1. The third kappa shape index (κ3) is 4.31. The van der Waals surface area contributed by atoms with Gasteiger partial charge in [-0.05, 0) is 48.0 Å². The highest BCUT2D eigenvalue weighted by molar-refractivity contribution is 6.07. The zero-order valence-corrected chi connectivity index (χ0v) is 12.5. The van der Waals surface area contributed by atoms with E-state index in [0.29, 0.717) is 11.3 Å². The zero-order valence-electron chi connectivity index (χ0n) is 12.5. The van der Waals surface area contributed by atoms with E-state index in [-0.39, 0.29) is 11.7 Å². The van der Waals surface area contributed by atoms with E-state index in [0.717, 1.165) is 11.3 Å². The summed E-state index contributed by atoms with van der Waals surface area (Å²) in [6.45, 7) is 1.44. The van der Waals surface area contributed by atoms with Gasteiger partial charge in [0.05, 0.1) is 7.11 Å². The highest BCUT2D eigenvalue weighted by Crippen LogP contribution is 2.14. The molecular formula is C18H17NO3. The molecule has 0 saturated heterocycles. The Balaban J connectivity index is 2.04. The minimum Gasteiger partial charge on any atom is -0.497 e. The van der Waals surface area contributed by atoms with Crippen LogP contribution in [0.25, 0.3) is 6.08 Å². The summed E-state index contributed by atoms with van der Waals surface area (Å²) in [7, 11) is 1.61. The number of carbonyl (C=O) groups excluding carboxylic acids is 2. The highest BCUT2D eigenvalue weighted by Gasteiger charge is 2.02. The molecule has 2 aromatic rings. The molecule has 0 atom stereocenters. The summed E-state index contributed by atoms with van der Waals surface area (Å²) in [6, 6.07) is 14.2. The molecule has 0 saturated carbocycles. The van der Waals surface area contributed by atoms with Crippen molar-refractivity contribution in [3.8, 4) is 5.75 Å². The SMILES string of the molecule is COc1ccc(/C=C/C(=O)c2ccc(NC(C)=O)cc2)cc1. The second-order valence-electron chi connectivity index (χ2n) is 4.73. The van der Waals surface area contributed by atoms with Gasteiger partial charge in [-0.15, -0.1) is 0 Å². The quantitative estimate of drug-likeness (QED) is 0.678. The first kappa shape index (κ1) is 15.5. The largest absolute Gasteiger partial charge is 0.497 e. The molecule has 0 aliphatic carbocycles. The average molecular weight is 295 g/mol. The molecule has 0 spiro atoms. The van der Waals surface area contributed by atoms with Gasteiger partial charge in [0.15, 0.2) is 5.78 Å². The fourth-order valence-corrected chi connectivity index (χ4v) is 1.90. The lowest BCUT2D eigenvalue weighted by atomic mass is 10.1. The first-order valence-corrected chi connectivity index (χ1v) is 6.82. The molecule has 0 aliphatic heterocycles. The van der Waals surface area contributed by atoms with Crippen molar-refractivity contribution < 1.29 is 14.3 Å². The van der Waals surface area contributed by atoms with E-state index in [1.165, 1.54) is 13.0 Å². The number of rotatable bonds is 5. The van der Waals surface area contributed by atoms with Crippen molar-refractivity contribution in [2.45, 2.75) is 6.92 Å². The van der Waals surface area contributed by atoms with Crippen molar-refractivity contribution in [3.63, 3.8) is 0 Å². The summed E-state index contributed by atoms with van der Waals surface area (Å²) in [6.07, 6.45) is 3.28. The molecule has 0 aromatic heterocycles. The summed E-state index contributed by atoms with van der Waals surface area (Å²) in [4.78, 5) is 23.0. The van der Waals surface area contributed by atoms with Crippen molar-refractivity contribution in [3.05, 3.63) is 65.7 Å². The Morgan fingerprint density at radius 3 is 2.18 bits per heavy atom. The number of ketones is 1. The van der Waals surface area contributed by atoms with Crippen LogP contribution in [0.1, 0.15) is 22.8 Å². The number of allylic oxidation sites excluding steroid dienone is 1. The molecule has 4 nitrogen and oxygen atoms in total. The number of methoxy groups -OCH3 is 1. The maximum atomic E-state index is 12.1. The monoisotopic (exact) mass is 295 g/mol. The number of benzene rings is 2. The number of carbonyl (C=O) groups is 2. The first-order chi connectivity index (χ1) is 10.6. The molecule has 0 fully saturated rings. The van der Waals surface area contributed by atoms with Crippen LogP contribution in [-0.4, -0.2) is 18.8 Å². The van der Waals surface area contributed by atoms with Crippen molar-refractivity contribution in [2.24, 2.45) is 0 Å². The standard InChI is InChI=1S/C18H17NO3/c1-13(20)19-16-8-6-15(7-9-16)18(21)12-5-14-3-10-17(22-2)11-4-14/h3-12H,1-2H3,(H,19,20)/b12-5+. The maximum Gasteiger partial charge on any atom is 0.221 e. The summed E-state index contributed by atoms with van der Waals surface area (Å²) in [5.74, 6) is 0.542. The van der Waals surface area contributed by atoms with Gasteiger partial charge < -0.3 is 10.1 Å². The Morgan fingerprint density at radius 2 is 1.64 bits per heavy atom. The van der Waals surface area contributed by atoms with E-state index in [1.807, 2.05) is 24.3 Å². The summed E-state index contributed by atoms with van der Waals surface area (Å²) in [5, 5.41) is 2.66. The Labute approximate surface area is 129 Å². The molecule has 0 heterocycles. The number of hydrogen-bond donors (Lipinski definition) is 1. The molecule has 0 aliphatic rings. The van der Waals surface area contributed by atoms with Crippen molar-refractivity contribution >= 4 is 23.5 Å². The minimum absolute atomic E-state index is 0.0924. The van der Waals surface area contributed by atoms with Gasteiger partial charge in [0.2, 0.25) is 5.91 Å². The highest BCUT2D eigenvalue weighted by atomic mass is 16.5. The van der Waals surface area contributed by atoms with Gasteiger partial charge in [0.25, 0.3) is 0 Å². The van der Waals surface area contributed by atoms with Gasteiger partial charge in [-0.25, -0.2) is 0 Å². The summed E-state index contributed by atoms with van der Waals surface area (Å²) < 4.78 is 5.08. The van der Waals surface area contributed by atoms with E-state index in [9.17, 15) is 9.59 Å². The molecule has 0 bridgehead atoms. The van der Waals surface area contributed by atoms with Crippen LogP contribution in [0, 0.1) is 0 Å². The van der Waals surface area contributed by atoms with Crippen molar-refractivity contribution in [2.75, 3.05) is 12.4 Å². The molecule has 1 amide bonds. The van der Waals surface area contributed by atoms with Crippen LogP contribution in [0.15, 0.2) is 54.6 Å². The molecule has 4 heteroatoms. The molecule has 2 aromatic carbocycles. The lowest BCUT2D eigenvalue weighted by Gasteiger charge is -2.02. The van der Waals surface area contributed by atoms with Crippen LogP contribution in [0.5, 0.6) is 5.75 Å². The van der Waals surface area contributed by atoms with Crippen LogP contribution < -0.4 is 10.1 Å². The van der Waals surface area contributed by atoms with E-state index in [1.54, 1.807) is 37.5 Å². The lowest BCUT2D eigenvalue weighted by molar-refractivity contribution is -0.114. The Bertz CT molecular complexity index is 685. The van der Waals surface area contributed by atoms with Crippen LogP contribution in [0.2, 0.25) is 0 Å². The van der Waals surface area contributed by atoms with Crippen LogP contribution in [0.3, 0.4) is 0 Å². The third-order valence-electron chi connectivity index (χ3n) is 3.03. The van der Waals surface area contributed by atoms with Crippen molar-refractivity contribution in [1.82, 2.24) is 0 Å². The Kier molecular flexibility index (Phi) is 5.09. The fourth-order valence-electron chi connectivity index (χ4n) is 1.90. The number of anilines is 1. The normalized spacial score (nSPS) is 10.5. The minimum atomic E-state index is -0.140. The van der Waals surface area contributed by atoms with E-state index >= 15 is 0 Å². The number of amides is 1. The van der Waals surface area contributed by atoms with E-state index in [2.05, 4.69) is 5.32 Å². The zero-order chi connectivity index (χ0) is 15.9. The molecule has 22 heavy (non-hydrogen) atoms. The van der Waals surface area contributed by atoms with Crippen LogP contribution in [0.4, 0.5) is 5.69 Å². The van der Waals surface area contributed by atoms with Crippen molar-refractivity contribution in [1.29, 1.82) is 0 Å². The van der Waals surface area contributed by atoms with E-state index < -0.39 is 0 Å². The number of ether oxygens (including phenoxy) is 1. The second-order valence-corrected chi connectivity index (χ2v) is 4.73. The molecule has 112 valence electrons. The topological polar surface area (TPSA) is 55.4 Å². The Hall–Kier alpha value is -2.88. The molecule has 2 rings (SSSR count). The number of hydrogen-bond acceptors (Lipinski definition) is 3. The van der Waals surface area contributed by atoms with Gasteiger partial charge in [0, 0.05) is 18.2 Å². The molecule has 0 unspecified atom stereocenters. The Morgan fingerprint density at radius 1 is 1.00 bits per heavy atom. The smallest absolute Gasteiger partial charge is 0.221 e. The first-order valence-electron chi connectivity index (χ1n) is 6.82. The predicted molar refractivity (Wildman–Crippen MR) is 87.1 cm³/mol. The van der Waals surface area contributed by atoms with Gasteiger partial charge in [0.1, 0.15) is 5.75 Å². The fraction of sp³-hybridized carbons (Fsp3) is 0.111. The second kappa shape index (κ2) is 7.22. The third-order valence-corrected chi connectivity index (χ3v) is 3.03. The van der Waals surface area contributed by atoms with Gasteiger partial charge in [-0.2, -0.15) is 0 Å². The molecule has 1 N–H and O–H groups in total. The van der Waals surface area contributed by atoms with Gasteiger partial charge in [-0.3, -0.25) is 9.59 Å². The van der Waals surface area contributed by atoms with Crippen LogP contribution in [-0.2, 0) is 4.79 Å². The average Bonchev–Trinajstić information content (AvgIpc) is 2.53.